The van der Waals surface area contributed by atoms with Crippen LogP contribution in [-0.4, -0.2) is 33.6 Å². The van der Waals surface area contributed by atoms with Crippen molar-refractivity contribution in [2.75, 3.05) is 12.4 Å². The standard InChI is InChI=1S/C14H16N2O4S/c1-2-12-15-16-14(20-12)21-9-3-8-19-11-6-4-10(5-7-11)13(17)18/h4-7H,2-3,8-9H2,1H3,(H,17,18). The van der Waals surface area contributed by atoms with Crippen LogP contribution in [0.2, 0.25) is 0 Å². The lowest BCUT2D eigenvalue weighted by Crippen LogP contribution is -2.00. The summed E-state index contributed by atoms with van der Waals surface area (Å²) in [5, 5.41) is 17.2. The number of carboxylic acids is 1. The average Bonchev–Trinajstić information content (AvgIpc) is 2.95. The highest BCUT2D eigenvalue weighted by atomic mass is 32.2. The van der Waals surface area contributed by atoms with Crippen LogP contribution in [0.5, 0.6) is 5.75 Å². The molecule has 1 aromatic carbocycles. The first kappa shape index (κ1) is 15.4. The number of hydrogen-bond donors (Lipinski definition) is 1. The Morgan fingerprint density at radius 3 is 2.71 bits per heavy atom. The number of carboxylic acid groups (broad SMARTS) is 1. The molecule has 0 radical (unpaired) electrons. The maximum atomic E-state index is 10.7. The van der Waals surface area contributed by atoms with Gasteiger partial charge >= 0.3 is 5.97 Å². The zero-order valence-electron chi connectivity index (χ0n) is 11.6. The second kappa shape index (κ2) is 7.68. The van der Waals surface area contributed by atoms with Gasteiger partial charge in [-0.3, -0.25) is 0 Å². The predicted octanol–water partition coefficient (Wildman–Crippen LogP) is 2.89. The third-order valence-corrected chi connectivity index (χ3v) is 3.54. The van der Waals surface area contributed by atoms with Crippen molar-refractivity contribution in [2.45, 2.75) is 25.0 Å². The number of aryl methyl sites for hydroxylation is 1. The molecule has 21 heavy (non-hydrogen) atoms. The van der Waals surface area contributed by atoms with E-state index in [1.54, 1.807) is 12.1 Å². The van der Waals surface area contributed by atoms with E-state index in [1.807, 2.05) is 6.92 Å². The molecule has 0 unspecified atom stereocenters. The van der Waals surface area contributed by atoms with Crippen LogP contribution >= 0.6 is 11.8 Å². The fraction of sp³-hybridized carbons (Fsp3) is 0.357. The van der Waals surface area contributed by atoms with Crippen LogP contribution in [0.15, 0.2) is 33.9 Å². The number of aromatic carboxylic acids is 1. The Labute approximate surface area is 126 Å². The minimum absolute atomic E-state index is 0.251. The fourth-order valence-corrected chi connectivity index (χ4v) is 2.23. The summed E-state index contributed by atoms with van der Waals surface area (Å²) in [6.45, 7) is 2.51. The van der Waals surface area contributed by atoms with Gasteiger partial charge in [0.25, 0.3) is 5.22 Å². The minimum Gasteiger partial charge on any atom is -0.494 e. The Kier molecular flexibility index (Phi) is 5.62. The number of benzene rings is 1. The van der Waals surface area contributed by atoms with E-state index < -0.39 is 5.97 Å². The van der Waals surface area contributed by atoms with E-state index in [4.69, 9.17) is 14.3 Å². The largest absolute Gasteiger partial charge is 0.494 e. The molecule has 6 nitrogen and oxygen atoms in total. The number of aromatic nitrogens is 2. The second-order valence-electron chi connectivity index (χ2n) is 4.20. The van der Waals surface area contributed by atoms with Gasteiger partial charge in [-0.25, -0.2) is 4.79 Å². The van der Waals surface area contributed by atoms with E-state index in [-0.39, 0.29) is 5.56 Å². The summed E-state index contributed by atoms with van der Waals surface area (Å²) in [6, 6.07) is 6.36. The average molecular weight is 308 g/mol. The highest BCUT2D eigenvalue weighted by Crippen LogP contribution is 2.18. The first-order chi connectivity index (χ1) is 10.2. The van der Waals surface area contributed by atoms with Gasteiger partial charge in [-0.1, -0.05) is 18.7 Å². The molecule has 0 aliphatic rings. The topological polar surface area (TPSA) is 85.5 Å². The summed E-state index contributed by atoms with van der Waals surface area (Å²) < 4.78 is 10.9. The highest BCUT2D eigenvalue weighted by Gasteiger charge is 2.05. The molecular formula is C14H16N2O4S. The van der Waals surface area contributed by atoms with E-state index in [9.17, 15) is 4.79 Å². The van der Waals surface area contributed by atoms with Crippen LogP contribution in [0.1, 0.15) is 29.6 Å². The smallest absolute Gasteiger partial charge is 0.335 e. The molecule has 2 rings (SSSR count). The van der Waals surface area contributed by atoms with Crippen molar-refractivity contribution in [3.8, 4) is 5.75 Å². The van der Waals surface area contributed by atoms with Crippen molar-refractivity contribution in [1.82, 2.24) is 10.2 Å². The zero-order valence-corrected chi connectivity index (χ0v) is 12.4. The van der Waals surface area contributed by atoms with Crippen molar-refractivity contribution in [2.24, 2.45) is 0 Å². The number of ether oxygens (including phenoxy) is 1. The SMILES string of the molecule is CCc1nnc(SCCCOc2ccc(C(=O)O)cc2)o1. The van der Waals surface area contributed by atoms with Gasteiger partial charge in [0.15, 0.2) is 0 Å². The van der Waals surface area contributed by atoms with Gasteiger partial charge in [0, 0.05) is 12.2 Å². The predicted molar refractivity (Wildman–Crippen MR) is 77.9 cm³/mol. The molecule has 1 N–H and O–H groups in total. The molecule has 112 valence electrons. The lowest BCUT2D eigenvalue weighted by molar-refractivity contribution is 0.0697. The normalized spacial score (nSPS) is 10.5. The van der Waals surface area contributed by atoms with Crippen LogP contribution in [0.3, 0.4) is 0 Å². The Morgan fingerprint density at radius 2 is 2.10 bits per heavy atom. The van der Waals surface area contributed by atoms with Crippen LogP contribution < -0.4 is 4.74 Å². The highest BCUT2D eigenvalue weighted by molar-refractivity contribution is 7.99. The zero-order chi connectivity index (χ0) is 15.1. The third-order valence-electron chi connectivity index (χ3n) is 2.63. The molecular weight excluding hydrogens is 292 g/mol. The molecule has 0 aliphatic heterocycles. The maximum Gasteiger partial charge on any atom is 0.335 e. The first-order valence-corrected chi connectivity index (χ1v) is 7.59. The van der Waals surface area contributed by atoms with Gasteiger partial charge in [0.1, 0.15) is 5.75 Å². The fourth-order valence-electron chi connectivity index (χ4n) is 1.54. The van der Waals surface area contributed by atoms with Crippen LogP contribution in [0, 0.1) is 0 Å². The number of thioether (sulfide) groups is 1. The summed E-state index contributed by atoms with van der Waals surface area (Å²) in [6.07, 6.45) is 1.57. The molecule has 0 saturated carbocycles. The molecule has 0 amide bonds. The van der Waals surface area contributed by atoms with E-state index in [0.717, 1.165) is 18.6 Å². The molecule has 0 aliphatic carbocycles. The van der Waals surface area contributed by atoms with Crippen molar-refractivity contribution in [3.05, 3.63) is 35.7 Å². The van der Waals surface area contributed by atoms with Crippen molar-refractivity contribution < 1.29 is 19.1 Å². The van der Waals surface area contributed by atoms with Crippen LogP contribution in [0.4, 0.5) is 0 Å². The number of carbonyl (C=O) groups is 1. The quantitative estimate of drug-likeness (QED) is 0.592. The Morgan fingerprint density at radius 1 is 1.33 bits per heavy atom. The molecule has 0 spiro atoms. The van der Waals surface area contributed by atoms with E-state index in [2.05, 4.69) is 10.2 Å². The molecule has 0 atom stereocenters. The molecule has 1 aromatic heterocycles. The van der Waals surface area contributed by atoms with Gasteiger partial charge in [0.05, 0.1) is 12.2 Å². The van der Waals surface area contributed by atoms with Gasteiger partial charge in [-0.05, 0) is 30.7 Å². The van der Waals surface area contributed by atoms with Crippen molar-refractivity contribution in [1.29, 1.82) is 0 Å². The molecule has 0 fully saturated rings. The summed E-state index contributed by atoms with van der Waals surface area (Å²) in [4.78, 5) is 10.7. The minimum atomic E-state index is -0.941. The van der Waals surface area contributed by atoms with Gasteiger partial charge in [-0.2, -0.15) is 0 Å². The van der Waals surface area contributed by atoms with Crippen LogP contribution in [0.25, 0.3) is 0 Å². The lowest BCUT2D eigenvalue weighted by Gasteiger charge is -2.05. The maximum absolute atomic E-state index is 10.7. The molecule has 0 bridgehead atoms. The van der Waals surface area contributed by atoms with Crippen LogP contribution in [-0.2, 0) is 6.42 Å². The van der Waals surface area contributed by atoms with Gasteiger partial charge in [0.2, 0.25) is 5.89 Å². The Hall–Kier alpha value is -2.02. The van der Waals surface area contributed by atoms with Gasteiger partial charge < -0.3 is 14.3 Å². The van der Waals surface area contributed by atoms with Crippen molar-refractivity contribution >= 4 is 17.7 Å². The second-order valence-corrected chi connectivity index (χ2v) is 5.24. The number of hydrogen-bond acceptors (Lipinski definition) is 6. The number of nitrogens with zero attached hydrogens (tertiary/aromatic N) is 2. The van der Waals surface area contributed by atoms with E-state index in [0.29, 0.717) is 23.5 Å². The van der Waals surface area contributed by atoms with Gasteiger partial charge in [-0.15, -0.1) is 10.2 Å². The molecule has 1 heterocycles. The number of rotatable bonds is 8. The van der Waals surface area contributed by atoms with Crippen molar-refractivity contribution in [3.63, 3.8) is 0 Å². The van der Waals surface area contributed by atoms with E-state index >= 15 is 0 Å². The molecule has 7 heteroatoms. The first-order valence-electron chi connectivity index (χ1n) is 6.60. The lowest BCUT2D eigenvalue weighted by atomic mass is 10.2. The molecule has 2 aromatic rings. The Bertz CT molecular complexity index is 583. The summed E-state index contributed by atoms with van der Waals surface area (Å²) in [5.41, 5.74) is 0.251. The summed E-state index contributed by atoms with van der Waals surface area (Å²) >= 11 is 1.50. The summed E-state index contributed by atoms with van der Waals surface area (Å²) in [7, 11) is 0. The Balaban J connectivity index is 1.66. The third kappa shape index (κ3) is 4.78. The van der Waals surface area contributed by atoms with E-state index in [1.165, 1.54) is 23.9 Å². The monoisotopic (exact) mass is 308 g/mol. The molecule has 0 saturated heterocycles. The summed E-state index contributed by atoms with van der Waals surface area (Å²) in [5.74, 6) is 1.19.